The van der Waals surface area contributed by atoms with E-state index in [0.717, 1.165) is 190 Å². The number of anilines is 5. The van der Waals surface area contributed by atoms with Gasteiger partial charge in [0.05, 0.1) is 135 Å². The van der Waals surface area contributed by atoms with Crippen LogP contribution in [0.1, 0.15) is 27.0 Å². The van der Waals surface area contributed by atoms with Crippen LogP contribution in [0.5, 0.6) is 46.1 Å². The molecule has 3 radical (unpaired) electrons. The van der Waals surface area contributed by atoms with Gasteiger partial charge in [-0.1, -0.05) is 153 Å². The van der Waals surface area contributed by atoms with Crippen LogP contribution < -0.4 is 97.3 Å². The van der Waals surface area contributed by atoms with Crippen molar-refractivity contribution in [3.8, 4) is 46.1 Å². The Morgan fingerprint density at radius 2 is 0.624 bits per heavy atom. The number of halogens is 11. The van der Waals surface area contributed by atoms with Crippen LogP contribution in [0.4, 0.5) is 29.0 Å². The van der Waals surface area contributed by atoms with Crippen molar-refractivity contribution in [2.24, 2.45) is 0 Å². The van der Waals surface area contributed by atoms with E-state index in [1.54, 1.807) is 66.9 Å². The van der Waals surface area contributed by atoms with Crippen LogP contribution in [0.2, 0.25) is 56.2 Å². The molecule has 9 aromatic rings. The fourth-order valence-corrected chi connectivity index (χ4v) is 14.5. The van der Waals surface area contributed by atoms with Crippen LogP contribution in [-0.2, 0) is 47.7 Å². The van der Waals surface area contributed by atoms with E-state index < -0.39 is 0 Å². The van der Waals surface area contributed by atoms with Crippen LogP contribution in [0.15, 0.2) is 127 Å². The quantitative estimate of drug-likeness (QED) is 0.0501. The third-order valence-electron chi connectivity index (χ3n) is 18.1. The number of morpholine rings is 6. The number of rotatable bonds is 21. The molecule has 40 heteroatoms. The zero-order valence-corrected chi connectivity index (χ0v) is 80.5. The summed E-state index contributed by atoms with van der Waals surface area (Å²) in [6, 6.07) is 38.2. The van der Waals surface area contributed by atoms with Gasteiger partial charge in [-0.3, -0.25) is 0 Å². The summed E-state index contributed by atoms with van der Waals surface area (Å²) >= 11 is 63.9. The van der Waals surface area contributed by atoms with Crippen molar-refractivity contribution in [1.29, 1.82) is 0 Å². The minimum atomic E-state index is 0. The van der Waals surface area contributed by atoms with Gasteiger partial charge in [0.1, 0.15) is 65.1 Å². The molecule has 27 nitrogen and oxygen atoms in total. The molecule has 3 aromatic carbocycles. The number of methoxy groups -OCH3 is 6. The maximum atomic E-state index is 8.74. The molecule has 0 amide bonds. The number of ether oxygens (including phenoxy) is 14. The molecule has 6 aliphatic heterocycles. The van der Waals surface area contributed by atoms with Crippen molar-refractivity contribution < 1.29 is 104 Å². The molecule has 6 fully saturated rings. The van der Waals surface area contributed by atoms with Gasteiger partial charge < -0.3 is 103 Å². The van der Waals surface area contributed by atoms with E-state index in [-0.39, 0.29) is 54.9 Å². The first-order valence-electron chi connectivity index (χ1n) is 38.9. The number of benzene rings is 3. The minimum Gasteiger partial charge on any atom is -1.00 e. The molecule has 2 N–H and O–H groups in total. The monoisotopic (exact) mass is 1960 g/mol. The SMILES string of the molecule is C.C1COCCN1.COc1ccc(CCO)cc1OC.COc1ccc(CCOc2cc(Cl)cc(N3CCOCC3)n2)cc1OC.COc1ccc(CCOc2cc(Cl)nc(N3CCOCC3)c2)cc1OC.Clc1cc(Cl)nc(Cl)c1.Clc1cc(Cl)nc(N2CCOCC2)c1.Clc1cc(Cl)nc(N2CCOCC2)c1.Clc1cc(N2CCOCC2)cc(Cl)n1.[2HH].[B].[H-].[Na+]. The summed E-state index contributed by atoms with van der Waals surface area (Å²) in [4.78, 5) is 35.7. The second kappa shape index (κ2) is 61.5. The average Bonchev–Trinajstić information content (AvgIpc) is 0.837. The first kappa shape index (κ1) is 109. The number of nitrogens with zero attached hydrogens (tertiary/aromatic N) is 11. The Labute approximate surface area is 814 Å². The molecule has 125 heavy (non-hydrogen) atoms. The van der Waals surface area contributed by atoms with Crippen LogP contribution >= 0.6 is 128 Å². The molecule has 6 aromatic heterocycles. The Morgan fingerprint density at radius 3 is 0.944 bits per heavy atom. The van der Waals surface area contributed by atoms with Crippen molar-refractivity contribution in [3.05, 3.63) is 200 Å². The van der Waals surface area contributed by atoms with E-state index in [1.165, 1.54) is 12.1 Å². The molecule has 0 bridgehead atoms. The van der Waals surface area contributed by atoms with E-state index in [4.69, 9.17) is 199 Å². The summed E-state index contributed by atoms with van der Waals surface area (Å²) in [6.07, 6.45) is 2.11. The number of hydrogen-bond acceptors (Lipinski definition) is 27. The van der Waals surface area contributed by atoms with E-state index in [2.05, 4.69) is 59.7 Å². The standard InChI is InChI=1S/2C19H23ClN2O4.C10H14O3.3C9H10Cl2N2O.C5H2Cl3N.C4H9NO.CH4.B.Na.H2.H/c1-23-16-4-3-14(11-17(16)24-2)5-8-26-15-12-18(20)21-19(13-15)22-6-9-25-10-7-22;1-23-16-4-3-14(11-17(16)24-2)5-8-26-19-13-15(20)12-18(21-19)22-6-9-25-10-7-22;1-12-9-4-3-8(5-6-11)7-10(9)13-2;10-8-5-7(6-9(11)12-8)13-1-3-14-4-2-13;2*10-7-5-8(11)12-9(6-7)13-1-3-14-4-2-13;6-3-1-4(7)9-5(8)2-3;1-3-6-4-2-5-1;;;;;/h2*3-4,11-13H,5-10H2,1-2H3;3-4,7,11H,5-6H2,1-2H3;3*5-6H,1-4H2;1-2H;5H,1-4H2;1H4;;;1H;/q;;;;;;;;;;+1;;-1/i;;;;;;;;;;;1+1;. The van der Waals surface area contributed by atoms with Crippen LogP contribution in [-0.4, -0.2) is 264 Å². The molecule has 0 aliphatic carbocycles. The van der Waals surface area contributed by atoms with Gasteiger partial charge in [0.15, 0.2) is 34.5 Å². The molecular weight excluding hydrogens is 1850 g/mol. The molecule has 679 valence electrons. The fraction of sp³-hybridized carbons (Fsp3) is 0.435. The Hall–Kier alpha value is -6.11. The average molecular weight is 1960 g/mol. The van der Waals surface area contributed by atoms with E-state index >= 15 is 0 Å². The third-order valence-corrected chi connectivity index (χ3v) is 20.3. The normalized spacial score (nSPS) is 14.5. The molecule has 0 saturated carbocycles. The predicted octanol–water partition coefficient (Wildman–Crippen LogP) is 14.6. The first-order chi connectivity index (χ1) is 59.1. The smallest absolute Gasteiger partial charge is 1.00 e. The molecular formula is C85H108BCl11N12NaO15. The Bertz CT molecular complexity index is 4210. The minimum absolute atomic E-state index is 0. The molecule has 15 rings (SSSR count). The Balaban J connectivity index is 0.000000385. The Morgan fingerprint density at radius 1 is 0.336 bits per heavy atom. The van der Waals surface area contributed by atoms with Gasteiger partial charge >= 0.3 is 29.6 Å². The summed E-state index contributed by atoms with van der Waals surface area (Å²) in [5.41, 5.74) is 4.26. The third kappa shape index (κ3) is 40.4. The van der Waals surface area contributed by atoms with Gasteiger partial charge in [-0.25, -0.2) is 24.9 Å². The first-order valence-corrected chi connectivity index (χ1v) is 43.1. The molecule has 0 unspecified atom stereocenters. The summed E-state index contributed by atoms with van der Waals surface area (Å²) in [5, 5.41) is 17.0. The maximum absolute atomic E-state index is 8.74. The molecule has 12 heterocycles. The van der Waals surface area contributed by atoms with Gasteiger partial charge in [-0.15, -0.1) is 0 Å². The second-order valence-electron chi connectivity index (χ2n) is 26.4. The molecule has 0 spiro atoms. The fourth-order valence-electron chi connectivity index (χ4n) is 12.0. The van der Waals surface area contributed by atoms with Crippen molar-refractivity contribution in [1.82, 2.24) is 35.2 Å². The number of aliphatic hydroxyl groups is 1. The predicted molar refractivity (Wildman–Crippen MR) is 503 cm³/mol. The number of nitrogens with one attached hydrogen (secondary N) is 1. The number of aromatic nitrogens is 6. The second-order valence-corrected chi connectivity index (χ2v) is 30.9. The topological polar surface area (TPSA) is 255 Å². The van der Waals surface area contributed by atoms with Crippen molar-refractivity contribution in [3.63, 3.8) is 0 Å². The van der Waals surface area contributed by atoms with Gasteiger partial charge in [0.25, 0.3) is 0 Å². The van der Waals surface area contributed by atoms with Crippen molar-refractivity contribution in [2.75, 3.05) is 245 Å². The van der Waals surface area contributed by atoms with Crippen LogP contribution in [0.25, 0.3) is 0 Å². The summed E-state index contributed by atoms with van der Waals surface area (Å²) in [6.45, 7) is 20.5. The zero-order chi connectivity index (χ0) is 87.4. The van der Waals surface area contributed by atoms with Gasteiger partial charge in [0.2, 0.25) is 5.88 Å². The van der Waals surface area contributed by atoms with Gasteiger partial charge in [-0.2, -0.15) is 4.98 Å². The van der Waals surface area contributed by atoms with Crippen molar-refractivity contribution in [2.45, 2.75) is 26.7 Å². The van der Waals surface area contributed by atoms with Gasteiger partial charge in [0, 0.05) is 152 Å². The summed E-state index contributed by atoms with van der Waals surface area (Å²) in [7, 11) is 9.70. The van der Waals surface area contributed by atoms with E-state index in [1.807, 2.05) is 91.0 Å². The summed E-state index contributed by atoms with van der Waals surface area (Å²) < 4.78 is 74.6. The molecule has 6 aliphatic rings. The maximum Gasteiger partial charge on any atom is 1.00 e. The summed E-state index contributed by atoms with van der Waals surface area (Å²) in [5.74, 6) is 8.80. The molecule has 0 atom stereocenters. The van der Waals surface area contributed by atoms with Crippen LogP contribution in [0.3, 0.4) is 0 Å². The van der Waals surface area contributed by atoms with E-state index in [0.29, 0.717) is 148 Å². The van der Waals surface area contributed by atoms with E-state index in [9.17, 15) is 0 Å². The van der Waals surface area contributed by atoms with Crippen molar-refractivity contribution >= 4 is 165 Å². The largest absolute Gasteiger partial charge is 1.00 e. The zero-order valence-electron chi connectivity index (χ0n) is 71.2. The van der Waals surface area contributed by atoms with Gasteiger partial charge in [-0.05, 0) is 114 Å². The van der Waals surface area contributed by atoms with Crippen LogP contribution in [0, 0.1) is 0 Å². The number of pyridine rings is 6. The molecule has 6 saturated heterocycles. The Kier molecular flexibility index (Phi) is 53.8. The number of hydrogen-bond donors (Lipinski definition) is 2. The number of aliphatic hydroxyl groups excluding tert-OH is 1.